The lowest BCUT2D eigenvalue weighted by Crippen LogP contribution is -2.43. The van der Waals surface area contributed by atoms with Gasteiger partial charge in [-0.1, -0.05) is 6.42 Å². The maximum Gasteiger partial charge on any atom is 0.154 e. The first-order chi connectivity index (χ1) is 7.58. The predicted octanol–water partition coefficient (Wildman–Crippen LogP) is 0.423. The van der Waals surface area contributed by atoms with Crippen LogP contribution in [0.3, 0.4) is 0 Å². The lowest BCUT2D eigenvalue weighted by molar-refractivity contribution is 0.339. The Kier molecular flexibility index (Phi) is 3.87. The maximum atomic E-state index is 11.6. The van der Waals surface area contributed by atoms with E-state index in [1.165, 1.54) is 0 Å². The summed E-state index contributed by atoms with van der Waals surface area (Å²) in [5, 5.41) is 3.24. The summed E-state index contributed by atoms with van der Waals surface area (Å²) in [5.41, 5.74) is 5.90. The van der Waals surface area contributed by atoms with E-state index in [4.69, 9.17) is 5.73 Å². The quantitative estimate of drug-likeness (QED) is 0.757. The Hall–Kier alpha value is -0.130. The fourth-order valence-electron chi connectivity index (χ4n) is 2.80. The molecule has 0 radical (unpaired) electrons. The number of hydrogen-bond donors (Lipinski definition) is 2. The lowest BCUT2D eigenvalue weighted by Gasteiger charge is -2.28. The zero-order chi connectivity index (χ0) is 11.6. The van der Waals surface area contributed by atoms with Crippen molar-refractivity contribution in [1.82, 2.24) is 5.32 Å². The molecule has 3 N–H and O–H groups in total. The van der Waals surface area contributed by atoms with Crippen LogP contribution in [0.5, 0.6) is 0 Å². The number of nitrogens with one attached hydrogen (secondary N) is 1. The fourth-order valence-corrected chi connectivity index (χ4v) is 4.58. The van der Waals surface area contributed by atoms with E-state index < -0.39 is 9.84 Å². The molecule has 1 heterocycles. The minimum atomic E-state index is -2.80. The Balaban J connectivity index is 1.79. The van der Waals surface area contributed by atoms with Crippen molar-refractivity contribution < 1.29 is 8.42 Å². The van der Waals surface area contributed by atoms with Crippen LogP contribution in [0, 0.1) is 0 Å². The molecular weight excluding hydrogens is 224 g/mol. The van der Waals surface area contributed by atoms with Crippen LogP contribution >= 0.6 is 0 Å². The van der Waals surface area contributed by atoms with E-state index in [0.717, 1.165) is 38.5 Å². The third-order valence-corrected chi connectivity index (χ3v) is 6.09. The molecule has 2 aliphatic rings. The molecule has 1 saturated carbocycles. The van der Waals surface area contributed by atoms with Crippen molar-refractivity contribution in [3.8, 4) is 0 Å². The summed E-state index contributed by atoms with van der Waals surface area (Å²) in [7, 11) is -2.80. The molecule has 0 bridgehead atoms. The van der Waals surface area contributed by atoms with E-state index in [0.29, 0.717) is 24.4 Å². The second-order valence-corrected chi connectivity index (χ2v) is 7.56. The minimum Gasteiger partial charge on any atom is -0.328 e. The van der Waals surface area contributed by atoms with Crippen LogP contribution in [-0.2, 0) is 9.84 Å². The van der Waals surface area contributed by atoms with Crippen molar-refractivity contribution in [3.05, 3.63) is 0 Å². The molecule has 2 rings (SSSR count). The van der Waals surface area contributed by atoms with Gasteiger partial charge in [0.05, 0.1) is 11.0 Å². The highest BCUT2D eigenvalue weighted by atomic mass is 32.2. The Bertz CT molecular complexity index is 329. The lowest BCUT2D eigenvalue weighted by atomic mass is 9.91. The molecule has 1 aliphatic heterocycles. The highest BCUT2D eigenvalue weighted by Gasteiger charge is 2.31. The van der Waals surface area contributed by atoms with Crippen LogP contribution in [0.2, 0.25) is 0 Å². The smallest absolute Gasteiger partial charge is 0.154 e. The minimum absolute atomic E-state index is 0.148. The van der Waals surface area contributed by atoms with Gasteiger partial charge in [-0.25, -0.2) is 8.42 Å². The highest BCUT2D eigenvalue weighted by molar-refractivity contribution is 7.92. The van der Waals surface area contributed by atoms with E-state index in [9.17, 15) is 8.42 Å². The van der Waals surface area contributed by atoms with Gasteiger partial charge in [-0.2, -0.15) is 0 Å². The molecule has 3 atom stereocenters. The van der Waals surface area contributed by atoms with Gasteiger partial charge in [-0.15, -0.1) is 0 Å². The molecule has 0 amide bonds. The Morgan fingerprint density at radius 2 is 2.00 bits per heavy atom. The topological polar surface area (TPSA) is 72.2 Å². The SMILES string of the molecule is NC1CCCC(NCC2CCCS2(=O)=O)C1. The van der Waals surface area contributed by atoms with Gasteiger partial charge >= 0.3 is 0 Å². The highest BCUT2D eigenvalue weighted by Crippen LogP contribution is 2.21. The van der Waals surface area contributed by atoms with Gasteiger partial charge in [0.2, 0.25) is 0 Å². The van der Waals surface area contributed by atoms with Crippen molar-refractivity contribution in [1.29, 1.82) is 0 Å². The van der Waals surface area contributed by atoms with Crippen LogP contribution < -0.4 is 11.1 Å². The zero-order valence-electron chi connectivity index (χ0n) is 9.69. The summed E-state index contributed by atoms with van der Waals surface area (Å²) in [6.45, 7) is 0.625. The average Bonchev–Trinajstić information content (AvgIpc) is 2.55. The number of rotatable bonds is 3. The Morgan fingerprint density at radius 1 is 1.19 bits per heavy atom. The average molecular weight is 246 g/mol. The number of hydrogen-bond acceptors (Lipinski definition) is 4. The summed E-state index contributed by atoms with van der Waals surface area (Å²) in [5.74, 6) is 0.378. The summed E-state index contributed by atoms with van der Waals surface area (Å²) < 4.78 is 23.3. The molecule has 0 aromatic rings. The molecule has 0 spiro atoms. The van der Waals surface area contributed by atoms with Gasteiger partial charge < -0.3 is 11.1 Å². The molecule has 16 heavy (non-hydrogen) atoms. The molecule has 0 aromatic carbocycles. The first-order valence-corrected chi connectivity index (χ1v) is 8.00. The van der Waals surface area contributed by atoms with E-state index in [1.54, 1.807) is 0 Å². The van der Waals surface area contributed by atoms with Crippen LogP contribution in [-0.4, -0.2) is 38.0 Å². The van der Waals surface area contributed by atoms with Crippen molar-refractivity contribution in [2.24, 2.45) is 5.73 Å². The van der Waals surface area contributed by atoms with Gasteiger partial charge in [0.15, 0.2) is 9.84 Å². The summed E-state index contributed by atoms with van der Waals surface area (Å²) in [4.78, 5) is 0. The monoisotopic (exact) mass is 246 g/mol. The van der Waals surface area contributed by atoms with Crippen LogP contribution in [0.1, 0.15) is 38.5 Å². The second-order valence-electron chi connectivity index (χ2n) is 5.16. The second kappa shape index (κ2) is 5.02. The molecule has 5 heteroatoms. The van der Waals surface area contributed by atoms with Gasteiger partial charge in [0.1, 0.15) is 0 Å². The van der Waals surface area contributed by atoms with Crippen molar-refractivity contribution in [2.75, 3.05) is 12.3 Å². The molecule has 2 fully saturated rings. The predicted molar refractivity (Wildman–Crippen MR) is 65.0 cm³/mol. The third kappa shape index (κ3) is 2.96. The number of sulfone groups is 1. The standard InChI is InChI=1S/C11H22N2O2S/c12-9-3-1-4-10(7-9)13-8-11-5-2-6-16(11,14)15/h9-11,13H,1-8,12H2. The first-order valence-electron chi connectivity index (χ1n) is 6.28. The number of nitrogens with two attached hydrogens (primary N) is 1. The summed E-state index contributed by atoms with van der Waals surface area (Å²) in [6.07, 6.45) is 6.07. The van der Waals surface area contributed by atoms with Gasteiger partial charge in [0, 0.05) is 18.6 Å². The van der Waals surface area contributed by atoms with E-state index >= 15 is 0 Å². The van der Waals surface area contributed by atoms with E-state index in [1.807, 2.05) is 0 Å². The van der Waals surface area contributed by atoms with E-state index in [-0.39, 0.29) is 5.25 Å². The Morgan fingerprint density at radius 3 is 2.62 bits per heavy atom. The van der Waals surface area contributed by atoms with Gasteiger partial charge in [-0.3, -0.25) is 0 Å². The summed E-state index contributed by atoms with van der Waals surface area (Å²) >= 11 is 0. The Labute approximate surface area is 97.9 Å². The van der Waals surface area contributed by atoms with E-state index in [2.05, 4.69) is 5.32 Å². The zero-order valence-corrected chi connectivity index (χ0v) is 10.5. The fraction of sp³-hybridized carbons (Fsp3) is 1.00. The third-order valence-electron chi connectivity index (χ3n) is 3.81. The van der Waals surface area contributed by atoms with Crippen LogP contribution in [0.4, 0.5) is 0 Å². The molecule has 4 nitrogen and oxygen atoms in total. The molecule has 1 saturated heterocycles. The van der Waals surface area contributed by atoms with Crippen molar-refractivity contribution >= 4 is 9.84 Å². The van der Waals surface area contributed by atoms with Gasteiger partial charge in [-0.05, 0) is 32.1 Å². The molecule has 1 aliphatic carbocycles. The molecule has 94 valence electrons. The largest absolute Gasteiger partial charge is 0.328 e. The molecular formula is C11H22N2O2S. The van der Waals surface area contributed by atoms with Crippen LogP contribution in [0.25, 0.3) is 0 Å². The van der Waals surface area contributed by atoms with Crippen LogP contribution in [0.15, 0.2) is 0 Å². The normalized spacial score (nSPS) is 38.7. The molecule has 0 aromatic heterocycles. The van der Waals surface area contributed by atoms with Crippen molar-refractivity contribution in [2.45, 2.75) is 55.9 Å². The maximum absolute atomic E-state index is 11.6. The van der Waals surface area contributed by atoms with Gasteiger partial charge in [0.25, 0.3) is 0 Å². The molecule has 3 unspecified atom stereocenters. The first kappa shape index (κ1) is 12.3. The summed E-state index contributed by atoms with van der Waals surface area (Å²) in [6, 6.07) is 0.728. The van der Waals surface area contributed by atoms with Crippen molar-refractivity contribution in [3.63, 3.8) is 0 Å².